The molecule has 0 aliphatic carbocycles. The maximum atomic E-state index is 11.4. The number of carbonyl (C=O) groups excluding carboxylic acids is 1. The number of methoxy groups -OCH3 is 1. The topological polar surface area (TPSA) is 76.8 Å². The summed E-state index contributed by atoms with van der Waals surface area (Å²) >= 11 is 0. The summed E-state index contributed by atoms with van der Waals surface area (Å²) in [6.07, 6.45) is -0.627. The van der Waals surface area contributed by atoms with Gasteiger partial charge in [0.25, 0.3) is 0 Å². The molecule has 0 bridgehead atoms. The van der Waals surface area contributed by atoms with Crippen LogP contribution in [0.15, 0.2) is 24.3 Å². The fourth-order valence-corrected chi connectivity index (χ4v) is 2.79. The summed E-state index contributed by atoms with van der Waals surface area (Å²) in [5.41, 5.74) is 3.78. The standard InChI is InChI=1S/C19H27N3O4/c1-13-18(14(2)22(4)20-13)11-21(3)10-16(23)12-26-17-8-6-15(7-9-17)19(24)25-5/h6-9,16,23H,10-12H2,1-5H3/t16-/m0/s1. The molecule has 1 atom stereocenters. The normalized spacial score (nSPS) is 12.3. The van der Waals surface area contributed by atoms with Crippen molar-refractivity contribution in [1.82, 2.24) is 14.7 Å². The number of nitrogens with zero attached hydrogens (tertiary/aromatic N) is 3. The number of aryl methyl sites for hydroxylation is 2. The highest BCUT2D eigenvalue weighted by atomic mass is 16.5. The minimum Gasteiger partial charge on any atom is -0.491 e. The number of aromatic nitrogens is 2. The number of rotatable bonds is 8. The van der Waals surface area contributed by atoms with Crippen LogP contribution in [0.3, 0.4) is 0 Å². The first-order chi connectivity index (χ1) is 12.3. The second-order valence-electron chi connectivity index (χ2n) is 6.45. The predicted octanol–water partition coefficient (Wildman–Crippen LogP) is 1.70. The number of aliphatic hydroxyl groups excluding tert-OH is 1. The molecular formula is C19H27N3O4. The number of carbonyl (C=O) groups is 1. The predicted molar refractivity (Wildman–Crippen MR) is 98.3 cm³/mol. The Morgan fingerprint density at radius 2 is 1.96 bits per heavy atom. The van der Waals surface area contributed by atoms with Gasteiger partial charge in [-0.2, -0.15) is 5.10 Å². The number of benzene rings is 1. The summed E-state index contributed by atoms with van der Waals surface area (Å²) in [7, 11) is 5.23. The highest BCUT2D eigenvalue weighted by Crippen LogP contribution is 2.15. The molecular weight excluding hydrogens is 334 g/mol. The minimum absolute atomic E-state index is 0.174. The second kappa shape index (κ2) is 8.82. The van der Waals surface area contributed by atoms with E-state index in [-0.39, 0.29) is 12.6 Å². The third kappa shape index (κ3) is 5.06. The molecule has 0 saturated carbocycles. The molecule has 0 aliphatic heterocycles. The number of hydrogen-bond acceptors (Lipinski definition) is 6. The number of aliphatic hydroxyl groups is 1. The van der Waals surface area contributed by atoms with Gasteiger partial charge in [-0.25, -0.2) is 4.79 Å². The molecule has 0 fully saturated rings. The van der Waals surface area contributed by atoms with Crippen molar-refractivity contribution >= 4 is 5.97 Å². The molecule has 2 rings (SSSR count). The van der Waals surface area contributed by atoms with E-state index < -0.39 is 6.10 Å². The van der Waals surface area contributed by atoms with E-state index in [1.165, 1.54) is 12.7 Å². The van der Waals surface area contributed by atoms with Gasteiger partial charge < -0.3 is 14.6 Å². The van der Waals surface area contributed by atoms with Crippen LogP contribution >= 0.6 is 0 Å². The van der Waals surface area contributed by atoms with Gasteiger partial charge in [0.1, 0.15) is 18.5 Å². The molecule has 0 unspecified atom stereocenters. The summed E-state index contributed by atoms with van der Waals surface area (Å²) in [4.78, 5) is 13.4. The lowest BCUT2D eigenvalue weighted by Crippen LogP contribution is -2.33. The molecule has 0 spiro atoms. The average molecular weight is 361 g/mol. The Balaban J connectivity index is 1.82. The summed E-state index contributed by atoms with van der Waals surface area (Å²) in [5.74, 6) is 0.206. The fraction of sp³-hybridized carbons (Fsp3) is 0.474. The van der Waals surface area contributed by atoms with Crippen molar-refractivity contribution in [2.24, 2.45) is 7.05 Å². The quantitative estimate of drug-likeness (QED) is 0.721. The molecule has 0 amide bonds. The molecule has 1 heterocycles. The lowest BCUT2D eigenvalue weighted by atomic mass is 10.2. The fourth-order valence-electron chi connectivity index (χ4n) is 2.79. The van der Waals surface area contributed by atoms with Gasteiger partial charge in [-0.05, 0) is 45.2 Å². The Labute approximate surface area is 154 Å². The third-order valence-electron chi connectivity index (χ3n) is 4.33. The molecule has 26 heavy (non-hydrogen) atoms. The molecule has 0 aliphatic rings. The van der Waals surface area contributed by atoms with E-state index in [9.17, 15) is 9.90 Å². The van der Waals surface area contributed by atoms with Crippen molar-refractivity contribution in [3.8, 4) is 5.75 Å². The Hall–Kier alpha value is -2.38. The van der Waals surface area contributed by atoms with Gasteiger partial charge in [0, 0.05) is 31.4 Å². The lowest BCUT2D eigenvalue weighted by Gasteiger charge is -2.21. The second-order valence-corrected chi connectivity index (χ2v) is 6.45. The molecule has 7 heteroatoms. The Bertz CT molecular complexity index is 740. The molecule has 1 aromatic carbocycles. The summed E-state index contributed by atoms with van der Waals surface area (Å²) in [6.45, 7) is 5.41. The van der Waals surface area contributed by atoms with Crippen LogP contribution < -0.4 is 4.74 Å². The van der Waals surface area contributed by atoms with Gasteiger partial charge in [-0.1, -0.05) is 0 Å². The highest BCUT2D eigenvalue weighted by Gasteiger charge is 2.15. The van der Waals surface area contributed by atoms with Crippen molar-refractivity contribution in [1.29, 1.82) is 0 Å². The Kier molecular flexibility index (Phi) is 6.76. The molecule has 0 radical (unpaired) electrons. The van der Waals surface area contributed by atoms with Crippen LogP contribution in [0.4, 0.5) is 0 Å². The lowest BCUT2D eigenvalue weighted by molar-refractivity contribution is 0.0600. The molecule has 1 N–H and O–H groups in total. The van der Waals surface area contributed by atoms with Gasteiger partial charge in [-0.15, -0.1) is 0 Å². The Morgan fingerprint density at radius 1 is 1.31 bits per heavy atom. The van der Waals surface area contributed by atoms with Gasteiger partial charge in [0.15, 0.2) is 0 Å². The zero-order chi connectivity index (χ0) is 19.3. The van der Waals surface area contributed by atoms with Crippen LogP contribution in [0.1, 0.15) is 27.3 Å². The van der Waals surface area contributed by atoms with Crippen LogP contribution in [-0.2, 0) is 18.3 Å². The van der Waals surface area contributed by atoms with Gasteiger partial charge in [-0.3, -0.25) is 9.58 Å². The minimum atomic E-state index is -0.627. The van der Waals surface area contributed by atoms with E-state index in [0.29, 0.717) is 17.9 Å². The monoisotopic (exact) mass is 361 g/mol. The number of esters is 1. The summed E-state index contributed by atoms with van der Waals surface area (Å²) in [6, 6.07) is 6.64. The van der Waals surface area contributed by atoms with E-state index in [2.05, 4.69) is 9.84 Å². The molecule has 142 valence electrons. The van der Waals surface area contributed by atoms with Crippen LogP contribution in [-0.4, -0.2) is 59.2 Å². The molecule has 1 aromatic heterocycles. The van der Waals surface area contributed by atoms with Gasteiger partial charge in [0.05, 0.1) is 18.4 Å². The van der Waals surface area contributed by atoms with E-state index in [1.807, 2.05) is 37.5 Å². The SMILES string of the molecule is COC(=O)c1ccc(OC[C@@H](O)CN(C)Cc2c(C)nn(C)c2C)cc1. The van der Waals surface area contributed by atoms with Crippen LogP contribution in [0.5, 0.6) is 5.75 Å². The smallest absolute Gasteiger partial charge is 0.337 e. The zero-order valence-electron chi connectivity index (χ0n) is 16.0. The molecule has 0 saturated heterocycles. The van der Waals surface area contributed by atoms with Crippen molar-refractivity contribution in [2.75, 3.05) is 27.3 Å². The van der Waals surface area contributed by atoms with Gasteiger partial charge >= 0.3 is 5.97 Å². The van der Waals surface area contributed by atoms with Crippen LogP contribution in [0.2, 0.25) is 0 Å². The van der Waals surface area contributed by atoms with Crippen molar-refractivity contribution in [3.63, 3.8) is 0 Å². The number of ether oxygens (including phenoxy) is 2. The Morgan fingerprint density at radius 3 is 2.50 bits per heavy atom. The van der Waals surface area contributed by atoms with Crippen molar-refractivity contribution in [2.45, 2.75) is 26.5 Å². The van der Waals surface area contributed by atoms with E-state index in [0.717, 1.165) is 17.9 Å². The summed E-state index contributed by atoms with van der Waals surface area (Å²) in [5, 5.41) is 14.6. The van der Waals surface area contributed by atoms with E-state index in [1.54, 1.807) is 24.3 Å². The van der Waals surface area contributed by atoms with E-state index >= 15 is 0 Å². The van der Waals surface area contributed by atoms with Gasteiger partial charge in [0.2, 0.25) is 0 Å². The maximum absolute atomic E-state index is 11.4. The largest absolute Gasteiger partial charge is 0.491 e. The number of likely N-dealkylation sites (N-methyl/N-ethyl adjacent to an activating group) is 1. The van der Waals surface area contributed by atoms with Crippen LogP contribution in [0, 0.1) is 13.8 Å². The summed E-state index contributed by atoms with van der Waals surface area (Å²) < 4.78 is 12.1. The number of hydrogen-bond donors (Lipinski definition) is 1. The average Bonchev–Trinajstić information content (AvgIpc) is 2.85. The van der Waals surface area contributed by atoms with E-state index in [4.69, 9.17) is 4.74 Å². The highest BCUT2D eigenvalue weighted by molar-refractivity contribution is 5.89. The zero-order valence-corrected chi connectivity index (χ0v) is 16.0. The first-order valence-electron chi connectivity index (χ1n) is 8.48. The van der Waals surface area contributed by atoms with Crippen molar-refractivity contribution < 1.29 is 19.4 Å². The van der Waals surface area contributed by atoms with Crippen molar-refractivity contribution in [3.05, 3.63) is 46.8 Å². The van der Waals surface area contributed by atoms with Crippen LogP contribution in [0.25, 0.3) is 0 Å². The molecule has 2 aromatic rings. The first-order valence-corrected chi connectivity index (χ1v) is 8.48. The third-order valence-corrected chi connectivity index (χ3v) is 4.33. The maximum Gasteiger partial charge on any atom is 0.337 e. The first kappa shape index (κ1) is 19.9. The molecule has 7 nitrogen and oxygen atoms in total.